The van der Waals surface area contributed by atoms with Crippen LogP contribution in [-0.2, 0) is 12.8 Å². The zero-order valence-electron chi connectivity index (χ0n) is 13.5. The average Bonchev–Trinajstić information content (AvgIpc) is 2.96. The fourth-order valence-electron chi connectivity index (χ4n) is 2.29. The summed E-state index contributed by atoms with van der Waals surface area (Å²) in [6.45, 7) is 1.98. The molecule has 0 bridgehead atoms. The SMILES string of the molecule is CC(Oc1ccccc1)c1nnc(SCc2ccc(Cl)cc2)n1C. The summed E-state index contributed by atoms with van der Waals surface area (Å²) in [6.07, 6.45) is -0.171. The molecular weight excluding hydrogens is 342 g/mol. The highest BCUT2D eigenvalue weighted by Crippen LogP contribution is 2.25. The number of ether oxygens (including phenoxy) is 1. The number of hydrogen-bond donors (Lipinski definition) is 0. The Morgan fingerprint density at radius 1 is 1.08 bits per heavy atom. The van der Waals surface area contributed by atoms with E-state index in [1.54, 1.807) is 11.8 Å². The second-order valence-corrected chi connectivity index (χ2v) is 6.77. The highest BCUT2D eigenvalue weighted by atomic mass is 35.5. The van der Waals surface area contributed by atoms with Gasteiger partial charge in [-0.05, 0) is 36.8 Å². The standard InChI is InChI=1S/C18H18ClN3OS/c1-13(23-16-6-4-3-5-7-16)17-20-21-18(22(17)2)24-12-14-8-10-15(19)11-9-14/h3-11,13H,12H2,1-2H3. The Kier molecular flexibility index (Phi) is 5.43. The average molecular weight is 360 g/mol. The predicted octanol–water partition coefficient (Wildman–Crippen LogP) is 4.90. The van der Waals surface area contributed by atoms with Gasteiger partial charge in [-0.15, -0.1) is 10.2 Å². The maximum absolute atomic E-state index is 5.92. The van der Waals surface area contributed by atoms with Crippen LogP contribution in [0.1, 0.15) is 24.4 Å². The Bertz CT molecular complexity index is 790. The van der Waals surface area contributed by atoms with E-state index in [0.717, 1.165) is 27.5 Å². The van der Waals surface area contributed by atoms with Gasteiger partial charge in [-0.25, -0.2) is 0 Å². The highest BCUT2D eigenvalue weighted by Gasteiger charge is 2.17. The Labute approximate surface area is 150 Å². The van der Waals surface area contributed by atoms with Crippen molar-refractivity contribution in [3.8, 4) is 5.75 Å². The molecule has 0 fully saturated rings. The third kappa shape index (κ3) is 4.10. The molecule has 124 valence electrons. The Morgan fingerprint density at radius 3 is 2.50 bits per heavy atom. The van der Waals surface area contributed by atoms with E-state index in [1.165, 1.54) is 5.56 Å². The molecule has 0 spiro atoms. The lowest BCUT2D eigenvalue weighted by molar-refractivity contribution is 0.211. The van der Waals surface area contributed by atoms with E-state index in [1.807, 2.05) is 73.1 Å². The molecule has 1 aromatic heterocycles. The monoisotopic (exact) mass is 359 g/mol. The summed E-state index contributed by atoms with van der Waals surface area (Å²) in [5.74, 6) is 2.44. The van der Waals surface area contributed by atoms with Crippen molar-refractivity contribution in [3.63, 3.8) is 0 Å². The molecule has 3 rings (SSSR count). The Balaban J connectivity index is 1.65. The van der Waals surface area contributed by atoms with Gasteiger partial charge in [-0.3, -0.25) is 0 Å². The minimum Gasteiger partial charge on any atom is -0.483 e. The lowest BCUT2D eigenvalue weighted by Gasteiger charge is -2.14. The molecule has 0 N–H and O–H groups in total. The molecule has 0 radical (unpaired) electrons. The quantitative estimate of drug-likeness (QED) is 0.587. The smallest absolute Gasteiger partial charge is 0.191 e. The number of halogens is 1. The van der Waals surface area contributed by atoms with E-state index in [-0.39, 0.29) is 6.10 Å². The maximum atomic E-state index is 5.92. The van der Waals surface area contributed by atoms with Gasteiger partial charge < -0.3 is 9.30 Å². The molecule has 1 atom stereocenters. The van der Waals surface area contributed by atoms with Crippen molar-refractivity contribution < 1.29 is 4.74 Å². The summed E-state index contributed by atoms with van der Waals surface area (Å²) in [5.41, 5.74) is 1.20. The zero-order chi connectivity index (χ0) is 16.9. The van der Waals surface area contributed by atoms with Crippen LogP contribution in [0.15, 0.2) is 59.8 Å². The molecule has 0 aliphatic rings. The molecule has 0 aliphatic heterocycles. The lowest BCUT2D eigenvalue weighted by Crippen LogP contribution is -2.10. The molecule has 1 heterocycles. The van der Waals surface area contributed by atoms with E-state index < -0.39 is 0 Å². The molecule has 2 aromatic carbocycles. The summed E-state index contributed by atoms with van der Waals surface area (Å²) in [7, 11) is 1.96. The van der Waals surface area contributed by atoms with E-state index in [4.69, 9.17) is 16.3 Å². The molecule has 0 amide bonds. The fraction of sp³-hybridized carbons (Fsp3) is 0.222. The van der Waals surface area contributed by atoms with Gasteiger partial charge in [0.25, 0.3) is 0 Å². The van der Waals surface area contributed by atoms with Crippen LogP contribution in [0, 0.1) is 0 Å². The Morgan fingerprint density at radius 2 is 1.79 bits per heavy atom. The molecule has 4 nitrogen and oxygen atoms in total. The first-order valence-corrected chi connectivity index (χ1v) is 8.98. The first kappa shape index (κ1) is 16.9. The van der Waals surface area contributed by atoms with Crippen LogP contribution in [0.3, 0.4) is 0 Å². The van der Waals surface area contributed by atoms with E-state index in [0.29, 0.717) is 0 Å². The van der Waals surface area contributed by atoms with Crippen molar-refractivity contribution in [2.75, 3.05) is 0 Å². The van der Waals surface area contributed by atoms with Crippen LogP contribution in [0.2, 0.25) is 5.02 Å². The molecule has 6 heteroatoms. The van der Waals surface area contributed by atoms with Gasteiger partial charge in [0.05, 0.1) is 0 Å². The van der Waals surface area contributed by atoms with Crippen LogP contribution >= 0.6 is 23.4 Å². The summed E-state index contributed by atoms with van der Waals surface area (Å²) in [4.78, 5) is 0. The van der Waals surface area contributed by atoms with E-state index in [2.05, 4.69) is 10.2 Å². The molecule has 0 saturated carbocycles. The van der Waals surface area contributed by atoms with Gasteiger partial charge in [0.1, 0.15) is 5.75 Å². The molecule has 0 saturated heterocycles. The normalized spacial score (nSPS) is 12.1. The molecule has 1 unspecified atom stereocenters. The van der Waals surface area contributed by atoms with Crippen molar-refractivity contribution >= 4 is 23.4 Å². The predicted molar refractivity (Wildman–Crippen MR) is 97.5 cm³/mol. The van der Waals surface area contributed by atoms with Crippen molar-refractivity contribution in [1.82, 2.24) is 14.8 Å². The number of thioether (sulfide) groups is 1. The largest absolute Gasteiger partial charge is 0.483 e. The van der Waals surface area contributed by atoms with Crippen LogP contribution in [0.25, 0.3) is 0 Å². The third-order valence-electron chi connectivity index (χ3n) is 3.57. The van der Waals surface area contributed by atoms with Crippen molar-refractivity contribution in [3.05, 3.63) is 71.0 Å². The molecule has 24 heavy (non-hydrogen) atoms. The number of hydrogen-bond acceptors (Lipinski definition) is 4. The summed E-state index contributed by atoms with van der Waals surface area (Å²) in [6, 6.07) is 17.6. The van der Waals surface area contributed by atoms with E-state index >= 15 is 0 Å². The van der Waals surface area contributed by atoms with Crippen LogP contribution < -0.4 is 4.74 Å². The Hall–Kier alpha value is -1.98. The first-order valence-electron chi connectivity index (χ1n) is 7.61. The number of nitrogens with zero attached hydrogens (tertiary/aromatic N) is 3. The number of para-hydroxylation sites is 1. The number of aromatic nitrogens is 3. The minimum absolute atomic E-state index is 0.171. The van der Waals surface area contributed by atoms with Crippen LogP contribution in [0.5, 0.6) is 5.75 Å². The molecular formula is C18H18ClN3OS. The van der Waals surface area contributed by atoms with Crippen molar-refractivity contribution in [2.24, 2.45) is 7.05 Å². The summed E-state index contributed by atoms with van der Waals surface area (Å²) < 4.78 is 7.90. The maximum Gasteiger partial charge on any atom is 0.191 e. The number of rotatable bonds is 6. The molecule has 3 aromatic rings. The van der Waals surface area contributed by atoms with Crippen molar-refractivity contribution in [1.29, 1.82) is 0 Å². The highest BCUT2D eigenvalue weighted by molar-refractivity contribution is 7.98. The number of benzene rings is 2. The zero-order valence-corrected chi connectivity index (χ0v) is 15.1. The van der Waals surface area contributed by atoms with E-state index in [9.17, 15) is 0 Å². The summed E-state index contributed by atoms with van der Waals surface area (Å²) >= 11 is 7.55. The van der Waals surface area contributed by atoms with Gasteiger partial charge in [0.2, 0.25) is 0 Å². The van der Waals surface area contributed by atoms with Gasteiger partial charge >= 0.3 is 0 Å². The molecule has 0 aliphatic carbocycles. The minimum atomic E-state index is -0.171. The first-order chi connectivity index (χ1) is 11.6. The lowest BCUT2D eigenvalue weighted by atomic mass is 10.2. The second kappa shape index (κ2) is 7.73. The second-order valence-electron chi connectivity index (χ2n) is 5.39. The van der Waals surface area contributed by atoms with Gasteiger partial charge in [-0.1, -0.05) is 53.7 Å². The van der Waals surface area contributed by atoms with Crippen LogP contribution in [0.4, 0.5) is 0 Å². The van der Waals surface area contributed by atoms with Gasteiger partial charge in [0.15, 0.2) is 17.1 Å². The third-order valence-corrected chi connectivity index (χ3v) is 4.91. The van der Waals surface area contributed by atoms with Gasteiger partial charge in [0, 0.05) is 17.8 Å². The topological polar surface area (TPSA) is 39.9 Å². The fourth-order valence-corrected chi connectivity index (χ4v) is 3.29. The van der Waals surface area contributed by atoms with Crippen molar-refractivity contribution in [2.45, 2.75) is 23.9 Å². The van der Waals surface area contributed by atoms with Crippen LogP contribution in [-0.4, -0.2) is 14.8 Å². The van der Waals surface area contributed by atoms with Gasteiger partial charge in [-0.2, -0.15) is 0 Å². The summed E-state index contributed by atoms with van der Waals surface area (Å²) in [5, 5.41) is 10.2.